The van der Waals surface area contributed by atoms with Gasteiger partial charge >= 0.3 is 0 Å². The highest BCUT2D eigenvalue weighted by Gasteiger charge is 2.37. The molecule has 2 atom stereocenters. The number of ketones is 2. The smallest absolute Gasteiger partial charge is 0.161 e. The van der Waals surface area contributed by atoms with Crippen molar-refractivity contribution in [2.24, 2.45) is 5.92 Å². The molecule has 9 nitrogen and oxygen atoms in total. The number of aliphatic hydroxyl groups excluding tert-OH is 1. The Bertz CT molecular complexity index is 2290. The molecular weight excluding hydrogens is 739 g/mol. The van der Waals surface area contributed by atoms with E-state index in [0.717, 1.165) is 114 Å². The second-order valence-electron chi connectivity index (χ2n) is 16.9. The number of fused-ring (bicyclic) bond motifs is 7. The van der Waals surface area contributed by atoms with Crippen LogP contribution in [0, 0.1) is 5.92 Å². The molecule has 1 aliphatic heterocycles. The van der Waals surface area contributed by atoms with Gasteiger partial charge in [0.15, 0.2) is 11.5 Å². The van der Waals surface area contributed by atoms with Crippen molar-refractivity contribution in [3.63, 3.8) is 0 Å². The van der Waals surface area contributed by atoms with E-state index in [-0.39, 0.29) is 54.5 Å². The first-order valence-corrected chi connectivity index (χ1v) is 21.6. The van der Waals surface area contributed by atoms with Crippen molar-refractivity contribution in [3.05, 3.63) is 135 Å². The molecule has 2 aliphatic carbocycles. The Morgan fingerprint density at radius 1 is 0.763 bits per heavy atom. The van der Waals surface area contributed by atoms with Crippen LogP contribution in [0.15, 0.2) is 84.7 Å². The van der Waals surface area contributed by atoms with Crippen LogP contribution >= 0.6 is 0 Å². The number of phenols is 2. The van der Waals surface area contributed by atoms with Gasteiger partial charge in [-0.15, -0.1) is 0 Å². The average Bonchev–Trinajstić information content (AvgIpc) is 4.02. The van der Waals surface area contributed by atoms with Gasteiger partial charge in [-0.1, -0.05) is 42.8 Å². The number of benzene rings is 3. The van der Waals surface area contributed by atoms with E-state index in [1.54, 1.807) is 6.07 Å². The van der Waals surface area contributed by atoms with E-state index in [1.807, 2.05) is 42.7 Å². The number of aliphatic hydroxyl groups is 1. The standard InChI is InChI=1S/C50H57N3O6/c54-22-6-9-35-16-14-33-23-37(35)28-36-18-20-52-50(36)53-31-39-29-45-43(19-21-51-45)44(13-4-1-7-32-8-5-10-40(55)26-32)48(39)46(57)30-41(56)17-15-34-25-38(24-33)49(58)47(27-34)59-42-11-2-3-12-42/h5,8,10,14,16,18-21,23,25-27,29,42,44,48,51-55,58H,1-4,6-7,9,11-13,15,17,22,24,28,30-31H2. The number of rotatable bonds is 10. The van der Waals surface area contributed by atoms with Crippen LogP contribution in [0.1, 0.15) is 120 Å². The number of nitrogens with one attached hydrogen (secondary N) is 3. The number of aromatic amines is 2. The number of hydrogen-bond donors (Lipinski definition) is 6. The molecule has 9 heteroatoms. The summed E-state index contributed by atoms with van der Waals surface area (Å²) in [5.41, 5.74) is 10.3. The number of phenolic OH excluding ortho intramolecular Hbond substituents is 2. The third-order valence-electron chi connectivity index (χ3n) is 12.7. The van der Waals surface area contributed by atoms with Crippen LogP contribution in [-0.2, 0) is 41.7 Å². The first kappa shape index (κ1) is 40.2. The summed E-state index contributed by atoms with van der Waals surface area (Å²) in [6, 6.07) is 21.9. The number of aryl methyl sites for hydroxylation is 3. The zero-order chi connectivity index (χ0) is 40.7. The molecule has 3 heterocycles. The molecule has 0 radical (unpaired) electrons. The Labute approximate surface area is 346 Å². The third-order valence-corrected chi connectivity index (χ3v) is 12.7. The molecule has 59 heavy (non-hydrogen) atoms. The van der Waals surface area contributed by atoms with Crippen molar-refractivity contribution in [1.82, 2.24) is 9.97 Å². The van der Waals surface area contributed by atoms with Crippen molar-refractivity contribution >= 4 is 23.5 Å². The maximum absolute atomic E-state index is 14.6. The molecule has 0 saturated heterocycles. The lowest BCUT2D eigenvalue weighted by Crippen LogP contribution is -2.31. The molecule has 0 spiro atoms. The highest BCUT2D eigenvalue weighted by molar-refractivity contribution is 6.02. The number of hydrogen-bond acceptors (Lipinski definition) is 7. The van der Waals surface area contributed by atoms with Crippen LogP contribution in [0.4, 0.5) is 5.82 Å². The summed E-state index contributed by atoms with van der Waals surface area (Å²) in [5, 5.41) is 35.0. The fourth-order valence-electron chi connectivity index (χ4n) is 9.63. The first-order chi connectivity index (χ1) is 28.8. The lowest BCUT2D eigenvalue weighted by Gasteiger charge is -2.32. The third kappa shape index (κ3) is 9.68. The van der Waals surface area contributed by atoms with Gasteiger partial charge in [0.2, 0.25) is 0 Å². The molecule has 4 bridgehead atoms. The van der Waals surface area contributed by atoms with Gasteiger partial charge in [-0.2, -0.15) is 0 Å². The van der Waals surface area contributed by atoms with Crippen LogP contribution in [0.2, 0.25) is 0 Å². The predicted octanol–water partition coefficient (Wildman–Crippen LogP) is 9.28. The average molecular weight is 796 g/mol. The van der Waals surface area contributed by atoms with Gasteiger partial charge < -0.3 is 35.3 Å². The lowest BCUT2D eigenvalue weighted by atomic mass is 9.71. The zero-order valence-corrected chi connectivity index (χ0v) is 33.9. The molecule has 308 valence electrons. The molecular formula is C50H57N3O6. The molecule has 5 aromatic rings. The summed E-state index contributed by atoms with van der Waals surface area (Å²) in [7, 11) is 0. The minimum atomic E-state index is -0.468. The van der Waals surface area contributed by atoms with Crippen LogP contribution in [-0.4, -0.2) is 56.1 Å². The fraction of sp³-hybridized carbons (Fsp3) is 0.400. The molecule has 3 aliphatic rings. The van der Waals surface area contributed by atoms with Crippen molar-refractivity contribution in [3.8, 4) is 17.2 Å². The number of aromatic hydroxyl groups is 2. The van der Waals surface area contributed by atoms with Crippen LogP contribution in [0.5, 0.6) is 17.2 Å². The van der Waals surface area contributed by atoms with Gasteiger partial charge in [-0.05, 0) is 151 Å². The minimum absolute atomic E-state index is 0.0530. The lowest BCUT2D eigenvalue weighted by molar-refractivity contribution is -0.129. The summed E-state index contributed by atoms with van der Waals surface area (Å²) in [4.78, 5) is 35.3. The molecule has 3 aromatic carbocycles. The van der Waals surface area contributed by atoms with E-state index in [1.165, 1.54) is 5.56 Å². The molecule has 8 rings (SSSR count). The number of carbonyl (C=O) groups is 2. The number of H-pyrrole nitrogens is 2. The molecule has 1 saturated carbocycles. The quantitative estimate of drug-likeness (QED) is 0.0610. The highest BCUT2D eigenvalue weighted by atomic mass is 16.5. The Hall–Kier alpha value is -5.54. The Morgan fingerprint density at radius 3 is 2.46 bits per heavy atom. The minimum Gasteiger partial charge on any atom is -0.508 e. The SMILES string of the molecule is O=C1CCc2cc(c(O)c(OC3CCCC3)c2)Cc2ccc(CCCO)c(c2)Cc2cc[nH]c2NCC2=Cc3[nH]ccc3C(CCCCc3cccc(O)c3)C2C(=O)C1. The number of unbranched alkanes of at least 4 members (excludes halogenated alkanes) is 1. The van der Waals surface area contributed by atoms with Crippen LogP contribution in [0.3, 0.4) is 0 Å². The van der Waals surface area contributed by atoms with E-state index in [4.69, 9.17) is 4.74 Å². The Kier molecular flexibility index (Phi) is 12.7. The van der Waals surface area contributed by atoms with Crippen molar-refractivity contribution in [1.29, 1.82) is 0 Å². The summed E-state index contributed by atoms with van der Waals surface area (Å²) in [6.45, 7) is 0.545. The van der Waals surface area contributed by atoms with Crippen molar-refractivity contribution < 1.29 is 29.6 Å². The normalized spacial score (nSPS) is 18.8. The van der Waals surface area contributed by atoms with Gasteiger partial charge in [-0.3, -0.25) is 9.59 Å². The van der Waals surface area contributed by atoms with E-state index in [0.29, 0.717) is 38.0 Å². The number of aromatic nitrogens is 2. The van der Waals surface area contributed by atoms with E-state index < -0.39 is 5.92 Å². The second kappa shape index (κ2) is 18.6. The second-order valence-corrected chi connectivity index (χ2v) is 16.9. The summed E-state index contributed by atoms with van der Waals surface area (Å²) < 4.78 is 6.43. The molecule has 6 N–H and O–H groups in total. The molecule has 2 aromatic heterocycles. The fourth-order valence-corrected chi connectivity index (χ4v) is 9.63. The van der Waals surface area contributed by atoms with Gasteiger partial charge in [0.1, 0.15) is 23.1 Å². The van der Waals surface area contributed by atoms with Crippen LogP contribution in [0.25, 0.3) is 6.08 Å². The van der Waals surface area contributed by atoms with Gasteiger partial charge in [0.25, 0.3) is 0 Å². The Morgan fingerprint density at radius 2 is 1.61 bits per heavy atom. The maximum Gasteiger partial charge on any atom is 0.161 e. The summed E-state index contributed by atoms with van der Waals surface area (Å²) in [5.74, 6) is 1.04. The van der Waals surface area contributed by atoms with Crippen LogP contribution < -0.4 is 10.1 Å². The number of ether oxygens (including phenoxy) is 1. The zero-order valence-electron chi connectivity index (χ0n) is 33.9. The highest BCUT2D eigenvalue weighted by Crippen LogP contribution is 2.43. The molecule has 2 unspecified atom stereocenters. The van der Waals surface area contributed by atoms with Gasteiger partial charge in [-0.25, -0.2) is 0 Å². The van der Waals surface area contributed by atoms with E-state index in [2.05, 4.69) is 51.7 Å². The monoisotopic (exact) mass is 795 g/mol. The number of anilines is 1. The number of Topliss-reactive ketones (excluding diaryl/α,β-unsaturated/α-hetero) is 2. The van der Waals surface area contributed by atoms with E-state index >= 15 is 0 Å². The topological polar surface area (TPSA) is 148 Å². The Balaban J connectivity index is 1.13. The maximum atomic E-state index is 14.6. The summed E-state index contributed by atoms with van der Waals surface area (Å²) >= 11 is 0. The van der Waals surface area contributed by atoms with Crippen molar-refractivity contribution in [2.45, 2.75) is 108 Å². The summed E-state index contributed by atoms with van der Waals surface area (Å²) in [6.07, 6.45) is 16.6. The van der Waals surface area contributed by atoms with Gasteiger partial charge in [0.05, 0.1) is 12.5 Å². The van der Waals surface area contributed by atoms with E-state index in [9.17, 15) is 24.9 Å². The number of carbonyl (C=O) groups excluding carboxylic acids is 2. The molecule has 1 fully saturated rings. The largest absolute Gasteiger partial charge is 0.508 e. The predicted molar refractivity (Wildman–Crippen MR) is 231 cm³/mol. The van der Waals surface area contributed by atoms with Crippen molar-refractivity contribution in [2.75, 3.05) is 18.5 Å². The van der Waals surface area contributed by atoms with Gasteiger partial charge in [0, 0.05) is 62.0 Å². The first-order valence-electron chi connectivity index (χ1n) is 21.6. The molecule has 0 amide bonds.